The van der Waals surface area contributed by atoms with Crippen LogP contribution in [0.5, 0.6) is 0 Å². The normalized spacial score (nSPS) is 12.2. The monoisotopic (exact) mass is 363 g/mol. The molecule has 0 radical (unpaired) electrons. The van der Waals surface area contributed by atoms with Gasteiger partial charge >= 0.3 is 5.97 Å². The number of halogens is 1. The van der Waals surface area contributed by atoms with E-state index in [0.29, 0.717) is 16.6 Å². The second kappa shape index (κ2) is 6.24. The minimum Gasteiger partial charge on any atom is -0.478 e. The molecule has 0 unspecified atom stereocenters. The van der Waals surface area contributed by atoms with Gasteiger partial charge in [0.2, 0.25) is 10.0 Å². The molecule has 20 heavy (non-hydrogen) atoms. The summed E-state index contributed by atoms with van der Waals surface area (Å²) in [7, 11) is -3.72. The zero-order valence-corrected chi connectivity index (χ0v) is 14.2. The third-order valence-corrected chi connectivity index (χ3v) is 6.12. The van der Waals surface area contributed by atoms with Crippen LogP contribution >= 0.6 is 15.9 Å². The molecule has 7 heteroatoms. The third-order valence-electron chi connectivity index (χ3n) is 3.02. The van der Waals surface area contributed by atoms with E-state index in [9.17, 15) is 13.2 Å². The molecule has 0 amide bonds. The minimum absolute atomic E-state index is 0.0276. The predicted octanol–water partition coefficient (Wildman–Crippen LogP) is 2.87. The van der Waals surface area contributed by atoms with Gasteiger partial charge in [0.1, 0.15) is 0 Å². The fraction of sp³-hybridized carbons (Fsp3) is 0.462. The van der Waals surface area contributed by atoms with Crippen molar-refractivity contribution in [2.75, 3.05) is 6.54 Å². The summed E-state index contributed by atoms with van der Waals surface area (Å²) in [6, 6.07) is 2.42. The van der Waals surface area contributed by atoms with E-state index >= 15 is 0 Å². The molecule has 0 aliphatic carbocycles. The lowest BCUT2D eigenvalue weighted by Crippen LogP contribution is -2.37. The summed E-state index contributed by atoms with van der Waals surface area (Å²) in [6.45, 7) is 7.30. The zero-order chi connectivity index (χ0) is 15.7. The zero-order valence-electron chi connectivity index (χ0n) is 11.8. The number of carboxylic acids is 1. The first-order chi connectivity index (χ1) is 9.12. The molecule has 0 spiro atoms. The average molecular weight is 364 g/mol. The number of rotatable bonds is 5. The van der Waals surface area contributed by atoms with Crippen molar-refractivity contribution in [2.24, 2.45) is 0 Å². The summed E-state index contributed by atoms with van der Waals surface area (Å²) in [5.41, 5.74) is 0.454. The van der Waals surface area contributed by atoms with Gasteiger partial charge in [0, 0.05) is 17.1 Å². The lowest BCUT2D eigenvalue weighted by atomic mass is 10.1. The molecule has 1 rings (SSSR count). The number of nitrogens with zero attached hydrogens (tertiary/aromatic N) is 1. The Labute approximate surface area is 127 Å². The van der Waals surface area contributed by atoms with Crippen LogP contribution in [0.15, 0.2) is 21.5 Å². The van der Waals surface area contributed by atoms with Gasteiger partial charge in [-0.2, -0.15) is 4.31 Å². The van der Waals surface area contributed by atoms with Crippen molar-refractivity contribution < 1.29 is 18.3 Å². The van der Waals surface area contributed by atoms with E-state index in [1.807, 2.05) is 0 Å². The predicted molar refractivity (Wildman–Crippen MR) is 80.5 cm³/mol. The van der Waals surface area contributed by atoms with Crippen LogP contribution in [0.1, 0.15) is 36.7 Å². The summed E-state index contributed by atoms with van der Waals surface area (Å²) in [4.78, 5) is 11.1. The number of benzene rings is 1. The van der Waals surface area contributed by atoms with E-state index in [-0.39, 0.29) is 16.5 Å². The van der Waals surface area contributed by atoms with Crippen molar-refractivity contribution in [2.45, 2.75) is 38.6 Å². The number of carboxylic acid groups (broad SMARTS) is 1. The Morgan fingerprint density at radius 3 is 2.35 bits per heavy atom. The Kier molecular flexibility index (Phi) is 5.34. The maximum absolute atomic E-state index is 12.7. The van der Waals surface area contributed by atoms with Gasteiger partial charge in [-0.25, -0.2) is 13.2 Å². The van der Waals surface area contributed by atoms with Crippen molar-refractivity contribution in [3.05, 3.63) is 27.7 Å². The molecule has 0 aliphatic rings. The van der Waals surface area contributed by atoms with Gasteiger partial charge in [0.25, 0.3) is 0 Å². The minimum atomic E-state index is -3.72. The lowest BCUT2D eigenvalue weighted by Gasteiger charge is -2.25. The molecule has 0 aromatic heterocycles. The summed E-state index contributed by atoms with van der Waals surface area (Å²) < 4.78 is 27.1. The number of hydrogen-bond donors (Lipinski definition) is 1. The second-order valence-electron chi connectivity index (χ2n) is 4.69. The van der Waals surface area contributed by atoms with Crippen molar-refractivity contribution >= 4 is 31.9 Å². The number of hydrogen-bond acceptors (Lipinski definition) is 3. The topological polar surface area (TPSA) is 74.7 Å². The Morgan fingerprint density at radius 1 is 1.40 bits per heavy atom. The van der Waals surface area contributed by atoms with E-state index in [1.54, 1.807) is 27.7 Å². The van der Waals surface area contributed by atoms with Crippen LogP contribution in [0.3, 0.4) is 0 Å². The van der Waals surface area contributed by atoms with Gasteiger partial charge in [-0.3, -0.25) is 0 Å². The number of aromatic carboxylic acids is 1. The van der Waals surface area contributed by atoms with E-state index in [1.165, 1.54) is 16.4 Å². The lowest BCUT2D eigenvalue weighted by molar-refractivity contribution is 0.0696. The van der Waals surface area contributed by atoms with Crippen LogP contribution in [0, 0.1) is 6.92 Å². The van der Waals surface area contributed by atoms with E-state index < -0.39 is 16.0 Å². The standard InChI is InChI=1S/C13H18BrNO4S/c1-5-15(8(2)3)20(18,19)12-7-10(13(16)17)6-11(14)9(12)4/h6-8H,5H2,1-4H3,(H,16,17). The molecule has 1 aromatic rings. The van der Waals surface area contributed by atoms with E-state index in [4.69, 9.17) is 5.11 Å². The largest absolute Gasteiger partial charge is 0.478 e. The van der Waals surface area contributed by atoms with Crippen LogP contribution in [0.25, 0.3) is 0 Å². The summed E-state index contributed by atoms with van der Waals surface area (Å²) in [5, 5.41) is 9.07. The molecule has 0 saturated heterocycles. The maximum Gasteiger partial charge on any atom is 0.335 e. The van der Waals surface area contributed by atoms with E-state index in [2.05, 4.69) is 15.9 Å². The van der Waals surface area contributed by atoms with Crippen molar-refractivity contribution in [1.82, 2.24) is 4.31 Å². The summed E-state index contributed by atoms with van der Waals surface area (Å²) in [6.07, 6.45) is 0. The average Bonchev–Trinajstić information content (AvgIpc) is 2.31. The molecule has 0 heterocycles. The van der Waals surface area contributed by atoms with Crippen LogP contribution in [-0.2, 0) is 10.0 Å². The first kappa shape index (κ1) is 17.1. The molecule has 1 aromatic carbocycles. The van der Waals surface area contributed by atoms with Crippen molar-refractivity contribution in [3.8, 4) is 0 Å². The fourth-order valence-electron chi connectivity index (χ4n) is 1.98. The molecular weight excluding hydrogens is 346 g/mol. The van der Waals surface area contributed by atoms with Gasteiger partial charge in [-0.15, -0.1) is 0 Å². The summed E-state index contributed by atoms with van der Waals surface area (Å²) >= 11 is 3.22. The molecule has 0 aliphatic heterocycles. The Balaban J connectivity index is 3.56. The van der Waals surface area contributed by atoms with Gasteiger partial charge < -0.3 is 5.11 Å². The van der Waals surface area contributed by atoms with Crippen molar-refractivity contribution in [3.63, 3.8) is 0 Å². The molecule has 112 valence electrons. The smallest absolute Gasteiger partial charge is 0.335 e. The van der Waals surface area contributed by atoms with Gasteiger partial charge in [-0.05, 0) is 38.5 Å². The SMILES string of the molecule is CCN(C(C)C)S(=O)(=O)c1cc(C(=O)O)cc(Br)c1C. The summed E-state index contributed by atoms with van der Waals surface area (Å²) in [5.74, 6) is -1.16. The van der Waals surface area contributed by atoms with Crippen LogP contribution in [0.4, 0.5) is 0 Å². The van der Waals surface area contributed by atoms with Crippen molar-refractivity contribution in [1.29, 1.82) is 0 Å². The maximum atomic E-state index is 12.7. The Bertz CT molecular complexity index is 626. The molecule has 1 N–H and O–H groups in total. The first-order valence-corrected chi connectivity index (χ1v) is 8.41. The van der Waals surface area contributed by atoms with Crippen LogP contribution in [-0.4, -0.2) is 36.4 Å². The van der Waals surface area contributed by atoms with Gasteiger partial charge in [0.15, 0.2) is 0 Å². The molecule has 0 bridgehead atoms. The highest BCUT2D eigenvalue weighted by Gasteiger charge is 2.28. The molecule has 5 nitrogen and oxygen atoms in total. The van der Waals surface area contributed by atoms with Crippen LogP contribution in [0.2, 0.25) is 0 Å². The number of sulfonamides is 1. The quantitative estimate of drug-likeness (QED) is 0.872. The first-order valence-electron chi connectivity index (χ1n) is 6.18. The number of carbonyl (C=O) groups is 1. The van der Waals surface area contributed by atoms with Gasteiger partial charge in [-0.1, -0.05) is 22.9 Å². The van der Waals surface area contributed by atoms with E-state index in [0.717, 1.165) is 0 Å². The highest BCUT2D eigenvalue weighted by molar-refractivity contribution is 9.10. The molecule has 0 fully saturated rings. The van der Waals surface area contributed by atoms with Crippen LogP contribution < -0.4 is 0 Å². The third kappa shape index (κ3) is 3.21. The highest BCUT2D eigenvalue weighted by Crippen LogP contribution is 2.28. The molecule has 0 saturated carbocycles. The second-order valence-corrected chi connectivity index (χ2v) is 7.40. The van der Waals surface area contributed by atoms with Gasteiger partial charge in [0.05, 0.1) is 10.5 Å². The molecular formula is C13H18BrNO4S. The fourth-order valence-corrected chi connectivity index (χ4v) is 4.50. The Hall–Kier alpha value is -0.920. The Morgan fingerprint density at radius 2 is 1.95 bits per heavy atom. The molecule has 0 atom stereocenters. The highest BCUT2D eigenvalue weighted by atomic mass is 79.9.